The quantitative estimate of drug-likeness (QED) is 0.889. The standard InChI is InChI=1S/C19H22N4O3/c1-13-19(25)23(10-9-22(2)3)16-7-6-15(11-17(16)26-13)21-18(24)14-5-4-8-20-12-14/h4-8,11-13H,9-10H2,1-3H3,(H,21,24). The molecule has 1 unspecified atom stereocenters. The molecule has 1 aliphatic rings. The molecule has 0 bridgehead atoms. The lowest BCUT2D eigenvalue weighted by Gasteiger charge is -2.34. The molecule has 2 aromatic rings. The number of rotatable bonds is 5. The summed E-state index contributed by atoms with van der Waals surface area (Å²) in [5.41, 5.74) is 1.79. The minimum absolute atomic E-state index is 0.0634. The normalized spacial score (nSPS) is 16.2. The van der Waals surface area contributed by atoms with Gasteiger partial charge in [0.05, 0.1) is 11.3 Å². The maximum Gasteiger partial charge on any atom is 0.267 e. The van der Waals surface area contributed by atoms with Gasteiger partial charge in [-0.05, 0) is 45.3 Å². The fraction of sp³-hybridized carbons (Fsp3) is 0.316. The van der Waals surface area contributed by atoms with Crippen LogP contribution >= 0.6 is 0 Å². The average Bonchev–Trinajstić information content (AvgIpc) is 2.62. The monoisotopic (exact) mass is 354 g/mol. The minimum atomic E-state index is -0.561. The molecule has 7 nitrogen and oxygen atoms in total. The molecular weight excluding hydrogens is 332 g/mol. The van der Waals surface area contributed by atoms with Gasteiger partial charge in [-0.15, -0.1) is 0 Å². The number of aromatic nitrogens is 1. The number of amides is 2. The maximum absolute atomic E-state index is 12.5. The van der Waals surface area contributed by atoms with E-state index in [4.69, 9.17) is 4.74 Å². The van der Waals surface area contributed by atoms with Crippen LogP contribution in [0.2, 0.25) is 0 Å². The Morgan fingerprint density at radius 2 is 2.15 bits per heavy atom. The van der Waals surface area contributed by atoms with Gasteiger partial charge < -0.3 is 19.9 Å². The summed E-state index contributed by atoms with van der Waals surface area (Å²) in [4.78, 5) is 32.4. The number of anilines is 2. The number of pyridine rings is 1. The molecule has 0 saturated heterocycles. The van der Waals surface area contributed by atoms with Crippen LogP contribution in [0.5, 0.6) is 5.75 Å². The van der Waals surface area contributed by atoms with Crippen LogP contribution in [-0.2, 0) is 4.79 Å². The fourth-order valence-corrected chi connectivity index (χ4v) is 2.72. The van der Waals surface area contributed by atoms with Gasteiger partial charge in [0, 0.05) is 37.2 Å². The van der Waals surface area contributed by atoms with Crippen molar-refractivity contribution in [3.63, 3.8) is 0 Å². The first-order chi connectivity index (χ1) is 12.5. The van der Waals surface area contributed by atoms with Crippen molar-refractivity contribution in [1.29, 1.82) is 0 Å². The van der Waals surface area contributed by atoms with Gasteiger partial charge in [0.15, 0.2) is 6.10 Å². The van der Waals surface area contributed by atoms with Gasteiger partial charge in [0.2, 0.25) is 0 Å². The Balaban J connectivity index is 1.82. The second-order valence-electron chi connectivity index (χ2n) is 6.43. The topological polar surface area (TPSA) is 74.8 Å². The number of nitrogens with one attached hydrogen (secondary N) is 1. The molecule has 1 atom stereocenters. The highest BCUT2D eigenvalue weighted by Crippen LogP contribution is 2.36. The van der Waals surface area contributed by atoms with E-state index in [1.807, 2.05) is 19.0 Å². The van der Waals surface area contributed by atoms with E-state index in [9.17, 15) is 9.59 Å². The Morgan fingerprint density at radius 3 is 2.85 bits per heavy atom. The van der Waals surface area contributed by atoms with Crippen LogP contribution in [0.3, 0.4) is 0 Å². The predicted molar refractivity (Wildman–Crippen MR) is 99.6 cm³/mol. The van der Waals surface area contributed by atoms with E-state index < -0.39 is 6.10 Å². The highest BCUT2D eigenvalue weighted by atomic mass is 16.5. The van der Waals surface area contributed by atoms with E-state index in [0.717, 1.165) is 6.54 Å². The van der Waals surface area contributed by atoms with Gasteiger partial charge in [-0.1, -0.05) is 0 Å². The lowest BCUT2D eigenvalue weighted by atomic mass is 10.1. The zero-order valence-electron chi connectivity index (χ0n) is 15.1. The lowest BCUT2D eigenvalue weighted by molar-refractivity contribution is -0.125. The van der Waals surface area contributed by atoms with Crippen molar-refractivity contribution in [2.24, 2.45) is 0 Å². The third kappa shape index (κ3) is 3.83. The molecule has 1 aromatic carbocycles. The number of likely N-dealkylation sites (N-methyl/N-ethyl adjacent to an activating group) is 1. The van der Waals surface area contributed by atoms with Crippen molar-refractivity contribution in [3.8, 4) is 5.75 Å². The second-order valence-corrected chi connectivity index (χ2v) is 6.43. The number of fused-ring (bicyclic) bond motifs is 1. The van der Waals surface area contributed by atoms with E-state index >= 15 is 0 Å². The molecule has 0 radical (unpaired) electrons. The van der Waals surface area contributed by atoms with Crippen molar-refractivity contribution in [1.82, 2.24) is 9.88 Å². The molecule has 2 amide bonds. The summed E-state index contributed by atoms with van der Waals surface area (Å²) in [5.74, 6) is 0.272. The van der Waals surface area contributed by atoms with Crippen molar-refractivity contribution < 1.29 is 14.3 Å². The van der Waals surface area contributed by atoms with Gasteiger partial charge in [0.1, 0.15) is 5.75 Å². The molecule has 0 aliphatic carbocycles. The molecular formula is C19H22N4O3. The zero-order valence-corrected chi connectivity index (χ0v) is 15.1. The van der Waals surface area contributed by atoms with E-state index in [1.54, 1.807) is 48.4 Å². The first kappa shape index (κ1) is 17.9. The first-order valence-electron chi connectivity index (χ1n) is 8.44. The van der Waals surface area contributed by atoms with Crippen LogP contribution in [0.4, 0.5) is 11.4 Å². The number of nitrogens with zero attached hydrogens (tertiary/aromatic N) is 3. The van der Waals surface area contributed by atoms with E-state index in [0.29, 0.717) is 29.2 Å². The number of benzene rings is 1. The molecule has 1 N–H and O–H groups in total. The number of hydrogen-bond donors (Lipinski definition) is 1. The molecule has 0 spiro atoms. The summed E-state index contributed by atoms with van der Waals surface area (Å²) < 4.78 is 5.74. The smallest absolute Gasteiger partial charge is 0.267 e. The lowest BCUT2D eigenvalue weighted by Crippen LogP contribution is -2.46. The zero-order chi connectivity index (χ0) is 18.7. The van der Waals surface area contributed by atoms with Crippen LogP contribution in [0.1, 0.15) is 17.3 Å². The molecule has 0 saturated carbocycles. The number of carbonyl (C=O) groups excluding carboxylic acids is 2. The van der Waals surface area contributed by atoms with Crippen molar-refractivity contribution >= 4 is 23.2 Å². The van der Waals surface area contributed by atoms with Gasteiger partial charge in [-0.2, -0.15) is 0 Å². The molecule has 7 heteroatoms. The number of carbonyl (C=O) groups is 2. The summed E-state index contributed by atoms with van der Waals surface area (Å²) in [6.07, 6.45) is 2.56. The molecule has 3 rings (SSSR count). The second kappa shape index (κ2) is 7.53. The van der Waals surface area contributed by atoms with Gasteiger partial charge in [-0.25, -0.2) is 0 Å². The number of ether oxygens (including phenoxy) is 1. The maximum atomic E-state index is 12.5. The summed E-state index contributed by atoms with van der Waals surface area (Å²) in [6.45, 7) is 3.06. The van der Waals surface area contributed by atoms with E-state index in [-0.39, 0.29) is 11.8 Å². The van der Waals surface area contributed by atoms with Crippen molar-refractivity contribution in [3.05, 3.63) is 48.3 Å². The van der Waals surface area contributed by atoms with Gasteiger partial charge >= 0.3 is 0 Å². The third-order valence-electron chi connectivity index (χ3n) is 4.12. The Hall–Kier alpha value is -2.93. The van der Waals surface area contributed by atoms with Crippen LogP contribution in [-0.4, -0.2) is 55.0 Å². The van der Waals surface area contributed by atoms with Crippen molar-refractivity contribution in [2.45, 2.75) is 13.0 Å². The Kier molecular flexibility index (Phi) is 5.18. The van der Waals surface area contributed by atoms with Gasteiger partial charge in [0.25, 0.3) is 11.8 Å². The first-order valence-corrected chi connectivity index (χ1v) is 8.44. The molecule has 136 valence electrons. The largest absolute Gasteiger partial charge is 0.479 e. The van der Waals surface area contributed by atoms with Gasteiger partial charge in [-0.3, -0.25) is 14.6 Å². The SMILES string of the molecule is CC1Oc2cc(NC(=O)c3cccnc3)ccc2N(CCN(C)C)C1=O. The minimum Gasteiger partial charge on any atom is -0.479 e. The van der Waals surface area contributed by atoms with Crippen LogP contribution in [0.15, 0.2) is 42.7 Å². The van der Waals surface area contributed by atoms with E-state index in [2.05, 4.69) is 10.3 Å². The molecule has 26 heavy (non-hydrogen) atoms. The molecule has 0 fully saturated rings. The van der Waals surface area contributed by atoms with Crippen LogP contribution in [0.25, 0.3) is 0 Å². The van der Waals surface area contributed by atoms with Crippen molar-refractivity contribution in [2.75, 3.05) is 37.4 Å². The predicted octanol–water partition coefficient (Wildman–Crippen LogP) is 2.01. The fourth-order valence-electron chi connectivity index (χ4n) is 2.72. The molecule has 1 aromatic heterocycles. The van der Waals surface area contributed by atoms with Crippen LogP contribution < -0.4 is 15.0 Å². The number of hydrogen-bond acceptors (Lipinski definition) is 5. The Labute approximate surface area is 152 Å². The third-order valence-corrected chi connectivity index (χ3v) is 4.12. The summed E-state index contributed by atoms with van der Waals surface area (Å²) in [5, 5.41) is 2.83. The Bertz CT molecular complexity index is 808. The highest BCUT2D eigenvalue weighted by Gasteiger charge is 2.31. The summed E-state index contributed by atoms with van der Waals surface area (Å²) >= 11 is 0. The van der Waals surface area contributed by atoms with E-state index in [1.165, 1.54) is 6.20 Å². The Morgan fingerprint density at radius 1 is 1.35 bits per heavy atom. The summed E-state index contributed by atoms with van der Waals surface area (Å²) in [6, 6.07) is 8.72. The molecule has 2 heterocycles. The highest BCUT2D eigenvalue weighted by molar-refractivity contribution is 6.05. The van der Waals surface area contributed by atoms with Crippen LogP contribution in [0, 0.1) is 0 Å². The molecule has 1 aliphatic heterocycles. The average molecular weight is 354 g/mol. The summed E-state index contributed by atoms with van der Waals surface area (Å²) in [7, 11) is 3.93.